The van der Waals surface area contributed by atoms with Crippen LogP contribution in [-0.4, -0.2) is 19.6 Å². The molecule has 1 unspecified atom stereocenters. The number of aromatic nitrogens is 4. The maximum atomic E-state index is 12.7. The van der Waals surface area contributed by atoms with Gasteiger partial charge >= 0.3 is 0 Å². The van der Waals surface area contributed by atoms with E-state index in [0.717, 1.165) is 6.42 Å². The number of hydrogen-bond acceptors (Lipinski definition) is 3. The van der Waals surface area contributed by atoms with Crippen LogP contribution in [0.4, 0.5) is 8.78 Å². The second-order valence-corrected chi connectivity index (χ2v) is 4.20. The molecule has 0 aromatic carbocycles. The molecule has 1 fully saturated rings. The topological polar surface area (TPSA) is 43.1 Å². The molecule has 0 aliphatic heterocycles. The zero-order chi connectivity index (χ0) is 12.0. The minimum Gasteiger partial charge on any atom is -0.210 e. The van der Waals surface area contributed by atoms with Gasteiger partial charge in [0.25, 0.3) is 12.2 Å². The molecule has 0 bridgehead atoms. The lowest BCUT2D eigenvalue weighted by atomic mass is 10.3. The zero-order valence-electron chi connectivity index (χ0n) is 9.14. The first-order chi connectivity index (χ1) is 8.15. The first kappa shape index (κ1) is 10.3. The quantitative estimate of drug-likeness (QED) is 0.804. The fourth-order valence-electron chi connectivity index (χ4n) is 1.75. The summed E-state index contributed by atoms with van der Waals surface area (Å²) in [5.41, 5.74) is 1.60. The van der Waals surface area contributed by atoms with Gasteiger partial charge in [-0.2, -0.15) is 14.6 Å². The van der Waals surface area contributed by atoms with Crippen LogP contribution in [0, 0.1) is 5.92 Å². The van der Waals surface area contributed by atoms with Crippen molar-refractivity contribution in [2.45, 2.75) is 19.8 Å². The highest BCUT2D eigenvalue weighted by Gasteiger charge is 2.24. The third-order valence-corrected chi connectivity index (χ3v) is 2.87. The Labute approximate surface area is 96.0 Å². The van der Waals surface area contributed by atoms with Crippen molar-refractivity contribution in [1.82, 2.24) is 19.6 Å². The molecule has 88 valence electrons. The van der Waals surface area contributed by atoms with Crippen LogP contribution < -0.4 is 0 Å². The van der Waals surface area contributed by atoms with Crippen molar-refractivity contribution in [3.8, 4) is 0 Å². The Morgan fingerprint density at radius 1 is 1.53 bits per heavy atom. The van der Waals surface area contributed by atoms with E-state index in [1.807, 2.05) is 6.08 Å². The number of alkyl halides is 2. The minimum absolute atomic E-state index is 0.211. The number of halogens is 2. The average molecular weight is 236 g/mol. The Hall–Kier alpha value is -1.85. The van der Waals surface area contributed by atoms with Crippen LogP contribution in [0.1, 0.15) is 31.2 Å². The Morgan fingerprint density at radius 2 is 2.29 bits per heavy atom. The van der Waals surface area contributed by atoms with E-state index in [-0.39, 0.29) is 11.5 Å². The molecule has 0 N–H and O–H groups in total. The highest BCUT2D eigenvalue weighted by atomic mass is 19.3. The average Bonchev–Trinajstić information content (AvgIpc) is 2.80. The number of nitrogens with zero attached hydrogens (tertiary/aromatic N) is 4. The van der Waals surface area contributed by atoms with Gasteiger partial charge in [0.1, 0.15) is 12.0 Å². The van der Waals surface area contributed by atoms with E-state index in [1.165, 1.54) is 22.5 Å². The SMILES string of the molecule is CC1C/C1=C/c1cc(C(F)F)nc2ncnn12. The third-order valence-electron chi connectivity index (χ3n) is 2.87. The van der Waals surface area contributed by atoms with Gasteiger partial charge in [0.05, 0.1) is 5.69 Å². The van der Waals surface area contributed by atoms with Crippen LogP contribution in [-0.2, 0) is 0 Å². The van der Waals surface area contributed by atoms with E-state index >= 15 is 0 Å². The molecule has 1 saturated carbocycles. The summed E-state index contributed by atoms with van der Waals surface area (Å²) >= 11 is 0. The fourth-order valence-corrected chi connectivity index (χ4v) is 1.75. The lowest BCUT2D eigenvalue weighted by Crippen LogP contribution is -2.01. The van der Waals surface area contributed by atoms with Crippen molar-refractivity contribution in [3.63, 3.8) is 0 Å². The molecular formula is C11H10F2N4. The van der Waals surface area contributed by atoms with Gasteiger partial charge in [-0.15, -0.1) is 0 Å². The molecule has 17 heavy (non-hydrogen) atoms. The molecule has 4 nitrogen and oxygen atoms in total. The van der Waals surface area contributed by atoms with E-state index in [9.17, 15) is 8.78 Å². The summed E-state index contributed by atoms with van der Waals surface area (Å²) in [5, 5.41) is 3.98. The van der Waals surface area contributed by atoms with Gasteiger partial charge in [-0.1, -0.05) is 12.5 Å². The molecule has 1 aliphatic carbocycles. The van der Waals surface area contributed by atoms with Gasteiger partial charge in [0, 0.05) is 0 Å². The standard InChI is InChI=1S/C11H10F2N4/c1-6-2-7(6)3-8-4-9(10(12)13)16-11-14-5-15-17(8)11/h3-6,10H,2H2,1H3/b7-3-. The summed E-state index contributed by atoms with van der Waals surface area (Å²) < 4.78 is 26.8. The van der Waals surface area contributed by atoms with Gasteiger partial charge in [-0.25, -0.2) is 13.8 Å². The first-order valence-electron chi connectivity index (χ1n) is 5.34. The molecular weight excluding hydrogens is 226 g/mol. The van der Waals surface area contributed by atoms with Crippen LogP contribution in [0.3, 0.4) is 0 Å². The maximum Gasteiger partial charge on any atom is 0.280 e. The molecule has 0 radical (unpaired) electrons. The lowest BCUT2D eigenvalue weighted by Gasteiger charge is -2.02. The zero-order valence-corrected chi connectivity index (χ0v) is 9.14. The van der Waals surface area contributed by atoms with Gasteiger partial charge in [-0.3, -0.25) is 0 Å². The number of fused-ring (bicyclic) bond motifs is 1. The predicted molar refractivity (Wildman–Crippen MR) is 57.5 cm³/mol. The maximum absolute atomic E-state index is 12.7. The van der Waals surface area contributed by atoms with E-state index in [4.69, 9.17) is 0 Å². The van der Waals surface area contributed by atoms with E-state index in [2.05, 4.69) is 22.0 Å². The second-order valence-electron chi connectivity index (χ2n) is 4.20. The van der Waals surface area contributed by atoms with Crippen LogP contribution >= 0.6 is 0 Å². The predicted octanol–water partition coefficient (Wildman–Crippen LogP) is 2.49. The molecule has 6 heteroatoms. The van der Waals surface area contributed by atoms with E-state index < -0.39 is 6.43 Å². The molecule has 1 aliphatic rings. The lowest BCUT2D eigenvalue weighted by molar-refractivity contribution is 0.146. The molecule has 3 rings (SSSR count). The second kappa shape index (κ2) is 3.58. The molecule has 0 saturated heterocycles. The van der Waals surface area contributed by atoms with Crippen molar-refractivity contribution >= 4 is 11.9 Å². The van der Waals surface area contributed by atoms with Gasteiger partial charge < -0.3 is 0 Å². The van der Waals surface area contributed by atoms with Crippen LogP contribution in [0.2, 0.25) is 0 Å². The normalized spacial score (nSPS) is 21.6. The van der Waals surface area contributed by atoms with Gasteiger partial charge in [-0.05, 0) is 24.5 Å². The summed E-state index contributed by atoms with van der Waals surface area (Å²) in [4.78, 5) is 7.60. The Balaban J connectivity index is 2.17. The molecule has 0 amide bonds. The fraction of sp³-hybridized carbons (Fsp3) is 0.364. The Morgan fingerprint density at radius 3 is 2.94 bits per heavy atom. The summed E-state index contributed by atoms with van der Waals surface area (Å²) in [7, 11) is 0. The van der Waals surface area contributed by atoms with E-state index in [0.29, 0.717) is 11.6 Å². The minimum atomic E-state index is -2.59. The van der Waals surface area contributed by atoms with Crippen molar-refractivity contribution in [2.75, 3.05) is 0 Å². The molecule has 1 atom stereocenters. The van der Waals surface area contributed by atoms with Crippen molar-refractivity contribution < 1.29 is 8.78 Å². The van der Waals surface area contributed by atoms with Crippen molar-refractivity contribution in [3.05, 3.63) is 29.4 Å². The molecule has 2 heterocycles. The number of hydrogen-bond donors (Lipinski definition) is 0. The third kappa shape index (κ3) is 1.79. The Bertz CT molecular complexity index is 603. The number of allylic oxidation sites excluding steroid dienone is 1. The molecule has 2 aromatic heterocycles. The van der Waals surface area contributed by atoms with Crippen LogP contribution in [0.25, 0.3) is 11.9 Å². The summed E-state index contributed by atoms with van der Waals surface area (Å²) in [5.74, 6) is 0.750. The van der Waals surface area contributed by atoms with Crippen LogP contribution in [0.15, 0.2) is 18.0 Å². The highest BCUT2D eigenvalue weighted by Crippen LogP contribution is 2.38. The van der Waals surface area contributed by atoms with Crippen molar-refractivity contribution in [1.29, 1.82) is 0 Å². The van der Waals surface area contributed by atoms with E-state index in [1.54, 1.807) is 0 Å². The van der Waals surface area contributed by atoms with Gasteiger partial charge in [0.15, 0.2) is 0 Å². The van der Waals surface area contributed by atoms with Crippen LogP contribution in [0.5, 0.6) is 0 Å². The summed E-state index contributed by atoms with van der Waals surface area (Å²) in [6.07, 6.45) is 1.63. The monoisotopic (exact) mass is 236 g/mol. The summed E-state index contributed by atoms with van der Waals surface area (Å²) in [6, 6.07) is 1.37. The van der Waals surface area contributed by atoms with Gasteiger partial charge in [0.2, 0.25) is 0 Å². The summed E-state index contributed by atoms with van der Waals surface area (Å²) in [6.45, 7) is 2.10. The highest BCUT2D eigenvalue weighted by molar-refractivity contribution is 5.57. The largest absolute Gasteiger partial charge is 0.280 e. The first-order valence-corrected chi connectivity index (χ1v) is 5.34. The Kier molecular flexibility index (Phi) is 2.17. The smallest absolute Gasteiger partial charge is 0.210 e. The molecule has 0 spiro atoms. The molecule has 2 aromatic rings. The number of rotatable bonds is 2. The van der Waals surface area contributed by atoms with Crippen molar-refractivity contribution in [2.24, 2.45) is 5.92 Å².